The number of benzene rings is 3. The van der Waals surface area contributed by atoms with Crippen molar-refractivity contribution in [1.29, 1.82) is 0 Å². The van der Waals surface area contributed by atoms with Crippen LogP contribution in [0.15, 0.2) is 89.1 Å². The molecule has 0 atom stereocenters. The maximum atomic E-state index is 12.5. The highest BCUT2D eigenvalue weighted by Crippen LogP contribution is 2.28. The Kier molecular flexibility index (Phi) is 7.54. The number of hydrogen-bond donors (Lipinski definition) is 1. The smallest absolute Gasteiger partial charge is 0.270 e. The van der Waals surface area contributed by atoms with E-state index in [-0.39, 0.29) is 17.3 Å². The summed E-state index contributed by atoms with van der Waals surface area (Å²) in [6.07, 6.45) is 0. The van der Waals surface area contributed by atoms with E-state index in [1.807, 2.05) is 47.0 Å². The highest BCUT2D eigenvalue weighted by atomic mass is 35.5. The third kappa shape index (κ3) is 5.92. The van der Waals surface area contributed by atoms with Crippen molar-refractivity contribution in [3.8, 4) is 17.1 Å². The average molecular weight is 507 g/mol. The molecule has 4 rings (SSSR count). The van der Waals surface area contributed by atoms with Gasteiger partial charge in [0.05, 0.1) is 16.4 Å². The molecule has 1 heterocycles. The van der Waals surface area contributed by atoms with E-state index in [1.165, 1.54) is 23.9 Å². The minimum atomic E-state index is -0.479. The summed E-state index contributed by atoms with van der Waals surface area (Å²) in [6, 6.07) is 22.9. The zero-order chi connectivity index (χ0) is 24.8. The average Bonchev–Trinajstić information content (AvgIpc) is 3.31. The minimum Gasteiger partial charge on any atom is -0.272 e. The fourth-order valence-corrected chi connectivity index (χ4v) is 4.05. The number of rotatable bonds is 8. The lowest BCUT2D eigenvalue weighted by molar-refractivity contribution is -0.384. The third-order valence-electron chi connectivity index (χ3n) is 4.91. The highest BCUT2D eigenvalue weighted by molar-refractivity contribution is 7.99. The van der Waals surface area contributed by atoms with Crippen LogP contribution in [0.3, 0.4) is 0 Å². The quantitative estimate of drug-likeness (QED) is 0.153. The molecule has 1 N–H and O–H groups in total. The fraction of sp³-hybridized carbons (Fsp3) is 0.0833. The van der Waals surface area contributed by atoms with Crippen molar-refractivity contribution in [2.45, 2.75) is 12.1 Å². The number of carbonyl (C=O) groups is 1. The lowest BCUT2D eigenvalue weighted by Gasteiger charge is -2.10. The number of hydrogen-bond acceptors (Lipinski definition) is 7. The second-order valence-corrected chi connectivity index (χ2v) is 8.69. The molecule has 0 saturated carbocycles. The van der Waals surface area contributed by atoms with Crippen molar-refractivity contribution >= 4 is 40.7 Å². The van der Waals surface area contributed by atoms with Crippen LogP contribution in [0, 0.1) is 10.1 Å². The Labute approximate surface area is 210 Å². The first-order valence-corrected chi connectivity index (χ1v) is 11.8. The number of nitro benzene ring substituents is 1. The molecular formula is C24H19ClN6O3S. The largest absolute Gasteiger partial charge is 0.272 e. The maximum absolute atomic E-state index is 12.5. The molecule has 0 aliphatic heterocycles. The number of nitrogens with one attached hydrogen (secondary N) is 1. The zero-order valence-corrected chi connectivity index (χ0v) is 20.0. The minimum absolute atomic E-state index is 0.0390. The summed E-state index contributed by atoms with van der Waals surface area (Å²) in [5.41, 5.74) is 5.12. The van der Waals surface area contributed by atoms with Crippen molar-refractivity contribution < 1.29 is 9.72 Å². The van der Waals surface area contributed by atoms with Crippen LogP contribution in [-0.2, 0) is 4.79 Å². The van der Waals surface area contributed by atoms with Gasteiger partial charge in [-0.2, -0.15) is 5.10 Å². The predicted octanol–water partition coefficient (Wildman–Crippen LogP) is 5.13. The molecule has 0 aliphatic carbocycles. The van der Waals surface area contributed by atoms with Gasteiger partial charge >= 0.3 is 0 Å². The molecule has 0 aliphatic rings. The monoisotopic (exact) mass is 506 g/mol. The lowest BCUT2D eigenvalue weighted by Crippen LogP contribution is -2.21. The first kappa shape index (κ1) is 24.1. The van der Waals surface area contributed by atoms with Crippen LogP contribution < -0.4 is 5.43 Å². The third-order valence-corrected chi connectivity index (χ3v) is 6.09. The number of hydrazone groups is 1. The van der Waals surface area contributed by atoms with E-state index in [1.54, 1.807) is 31.2 Å². The number of nitrogens with zero attached hydrogens (tertiary/aromatic N) is 5. The first-order valence-electron chi connectivity index (χ1n) is 10.4. The molecule has 9 nitrogen and oxygen atoms in total. The highest BCUT2D eigenvalue weighted by Gasteiger charge is 2.17. The second-order valence-electron chi connectivity index (χ2n) is 7.31. The van der Waals surface area contributed by atoms with E-state index in [9.17, 15) is 14.9 Å². The van der Waals surface area contributed by atoms with E-state index in [0.29, 0.717) is 27.3 Å². The Morgan fingerprint density at radius 3 is 2.54 bits per heavy atom. The van der Waals surface area contributed by atoms with Gasteiger partial charge in [-0.3, -0.25) is 19.5 Å². The van der Waals surface area contributed by atoms with Crippen LogP contribution >= 0.6 is 23.4 Å². The van der Waals surface area contributed by atoms with Crippen LogP contribution in [0.25, 0.3) is 17.1 Å². The number of aromatic nitrogens is 3. The summed E-state index contributed by atoms with van der Waals surface area (Å²) in [6.45, 7) is 1.66. The Balaban J connectivity index is 1.50. The van der Waals surface area contributed by atoms with Crippen LogP contribution in [0.5, 0.6) is 0 Å². The predicted molar refractivity (Wildman–Crippen MR) is 136 cm³/mol. The van der Waals surface area contributed by atoms with Gasteiger partial charge in [0.15, 0.2) is 11.0 Å². The van der Waals surface area contributed by atoms with Gasteiger partial charge in [0.25, 0.3) is 11.6 Å². The second kappa shape index (κ2) is 10.9. The molecule has 1 amide bonds. The number of amides is 1. The first-order chi connectivity index (χ1) is 16.9. The van der Waals surface area contributed by atoms with Crippen molar-refractivity contribution in [2.75, 3.05) is 5.75 Å². The molecule has 0 bridgehead atoms. The number of para-hydroxylation sites is 1. The van der Waals surface area contributed by atoms with Crippen LogP contribution in [0.1, 0.15) is 12.5 Å². The van der Waals surface area contributed by atoms with Crippen molar-refractivity contribution in [3.05, 3.63) is 99.6 Å². The molecular weight excluding hydrogens is 488 g/mol. The number of nitro groups is 1. The van der Waals surface area contributed by atoms with Gasteiger partial charge in [-0.25, -0.2) is 5.43 Å². The Morgan fingerprint density at radius 2 is 1.83 bits per heavy atom. The van der Waals surface area contributed by atoms with Gasteiger partial charge in [-0.15, -0.1) is 10.2 Å². The van der Waals surface area contributed by atoms with Crippen molar-refractivity contribution in [2.24, 2.45) is 5.10 Å². The van der Waals surface area contributed by atoms with Crippen molar-refractivity contribution in [1.82, 2.24) is 20.2 Å². The summed E-state index contributed by atoms with van der Waals surface area (Å²) < 4.78 is 1.87. The van der Waals surface area contributed by atoms with E-state index in [4.69, 9.17) is 11.6 Å². The molecule has 11 heteroatoms. The van der Waals surface area contributed by atoms with Crippen molar-refractivity contribution in [3.63, 3.8) is 0 Å². The molecule has 0 spiro atoms. The molecule has 0 unspecified atom stereocenters. The summed E-state index contributed by atoms with van der Waals surface area (Å²) >= 11 is 7.24. The number of thioether (sulfide) groups is 1. The summed E-state index contributed by atoms with van der Waals surface area (Å²) in [5, 5.41) is 24.8. The maximum Gasteiger partial charge on any atom is 0.270 e. The van der Waals surface area contributed by atoms with E-state index in [2.05, 4.69) is 20.7 Å². The molecule has 0 radical (unpaired) electrons. The van der Waals surface area contributed by atoms with Crippen LogP contribution in [0.4, 0.5) is 5.69 Å². The number of non-ortho nitro benzene ring substituents is 1. The van der Waals surface area contributed by atoms with E-state index in [0.717, 1.165) is 11.3 Å². The molecule has 4 aromatic rings. The van der Waals surface area contributed by atoms with Crippen LogP contribution in [0.2, 0.25) is 5.02 Å². The lowest BCUT2D eigenvalue weighted by atomic mass is 10.1. The van der Waals surface area contributed by atoms with Gasteiger partial charge in [0.1, 0.15) is 0 Å². The Hall–Kier alpha value is -4.02. The topological polar surface area (TPSA) is 115 Å². The van der Waals surface area contributed by atoms with Gasteiger partial charge < -0.3 is 0 Å². The molecule has 1 aromatic heterocycles. The van der Waals surface area contributed by atoms with Gasteiger partial charge in [-0.1, -0.05) is 53.7 Å². The van der Waals surface area contributed by atoms with Gasteiger partial charge in [-0.05, 0) is 43.3 Å². The zero-order valence-electron chi connectivity index (χ0n) is 18.5. The fourth-order valence-electron chi connectivity index (χ4n) is 3.18. The molecule has 176 valence electrons. The molecule has 0 saturated heterocycles. The Morgan fingerprint density at radius 1 is 1.09 bits per heavy atom. The SMILES string of the molecule is C/C(=N/NC(=O)CSc1nnc(-c2ccc(Cl)cc2)n1-c1ccccc1)c1cccc([N+](=O)[O-])c1. The molecule has 35 heavy (non-hydrogen) atoms. The van der Waals surface area contributed by atoms with E-state index < -0.39 is 4.92 Å². The standard InChI is InChI=1S/C24H19ClN6O3S/c1-16(18-6-5-9-21(14-18)31(33)34)26-27-22(32)15-35-24-29-28-23(17-10-12-19(25)13-11-17)30(24)20-7-3-2-4-8-20/h2-14H,15H2,1H3,(H,27,32)/b26-16-. The van der Waals surface area contributed by atoms with E-state index >= 15 is 0 Å². The summed E-state index contributed by atoms with van der Waals surface area (Å²) in [4.78, 5) is 23.0. The van der Waals surface area contributed by atoms with Crippen LogP contribution in [-0.4, -0.2) is 37.1 Å². The normalized spacial score (nSPS) is 11.3. The molecule has 3 aromatic carbocycles. The molecule has 0 fully saturated rings. The van der Waals surface area contributed by atoms with Gasteiger partial charge in [0.2, 0.25) is 0 Å². The number of halogens is 1. The van der Waals surface area contributed by atoms with Gasteiger partial charge in [0, 0.05) is 34.0 Å². The Bertz CT molecular complexity index is 1390. The summed E-state index contributed by atoms with van der Waals surface area (Å²) in [5.74, 6) is 0.308. The summed E-state index contributed by atoms with van der Waals surface area (Å²) in [7, 11) is 0. The number of carbonyl (C=O) groups excluding carboxylic acids is 1.